The second-order valence-electron chi connectivity index (χ2n) is 6.41. The highest BCUT2D eigenvalue weighted by atomic mass is 16.5. The molecule has 8 heteroatoms. The summed E-state index contributed by atoms with van der Waals surface area (Å²) in [6, 6.07) is 13.4. The summed E-state index contributed by atoms with van der Waals surface area (Å²) in [6.45, 7) is 0. The molecule has 4 aromatic rings. The summed E-state index contributed by atoms with van der Waals surface area (Å²) in [5.74, 6) is 2.32. The standard InChI is InChI=1S/C22H20N4O4/c1-27-17-7-5-16(6-8-17)25-12-15(11-23)22-24-18(13-26(22)25)14-9-19(28-2)21(30-4)20(10-14)29-3/h5-10,12-13H,1-4H3. The lowest BCUT2D eigenvalue weighted by atomic mass is 10.1. The van der Waals surface area contributed by atoms with Crippen molar-refractivity contribution in [1.82, 2.24) is 14.2 Å². The van der Waals surface area contributed by atoms with Gasteiger partial charge in [-0.15, -0.1) is 0 Å². The molecular weight excluding hydrogens is 384 g/mol. The average molecular weight is 404 g/mol. The molecule has 4 rings (SSSR count). The zero-order chi connectivity index (χ0) is 21.3. The Labute approximate surface area is 173 Å². The third-order valence-electron chi connectivity index (χ3n) is 4.83. The van der Waals surface area contributed by atoms with Crippen molar-refractivity contribution in [2.75, 3.05) is 28.4 Å². The van der Waals surface area contributed by atoms with E-state index in [1.807, 2.05) is 51.8 Å². The lowest BCUT2D eigenvalue weighted by Crippen LogP contribution is -2.00. The Morgan fingerprint density at radius 3 is 2.07 bits per heavy atom. The number of aromatic nitrogens is 3. The van der Waals surface area contributed by atoms with Crippen molar-refractivity contribution < 1.29 is 18.9 Å². The van der Waals surface area contributed by atoms with Gasteiger partial charge in [-0.05, 0) is 36.4 Å². The molecule has 152 valence electrons. The van der Waals surface area contributed by atoms with Crippen LogP contribution in [0.3, 0.4) is 0 Å². The van der Waals surface area contributed by atoms with E-state index >= 15 is 0 Å². The van der Waals surface area contributed by atoms with Gasteiger partial charge in [0.25, 0.3) is 0 Å². The zero-order valence-electron chi connectivity index (χ0n) is 17.0. The maximum absolute atomic E-state index is 9.60. The molecular formula is C22H20N4O4. The van der Waals surface area contributed by atoms with Crippen LogP contribution in [0.25, 0.3) is 22.6 Å². The SMILES string of the molecule is COc1ccc(-n2cc(C#N)c3nc(-c4cc(OC)c(OC)c(OC)c4)cn32)cc1. The summed E-state index contributed by atoms with van der Waals surface area (Å²) in [4.78, 5) is 4.68. The summed E-state index contributed by atoms with van der Waals surface area (Å²) < 4.78 is 25.2. The minimum Gasteiger partial charge on any atom is -0.497 e. The van der Waals surface area contributed by atoms with Gasteiger partial charge in [0.2, 0.25) is 5.75 Å². The number of benzene rings is 2. The van der Waals surface area contributed by atoms with Gasteiger partial charge in [-0.3, -0.25) is 4.68 Å². The average Bonchev–Trinajstić information content (AvgIpc) is 3.37. The number of fused-ring (bicyclic) bond motifs is 1. The van der Waals surface area contributed by atoms with Crippen LogP contribution in [0.4, 0.5) is 0 Å². The van der Waals surface area contributed by atoms with E-state index in [0.29, 0.717) is 34.2 Å². The van der Waals surface area contributed by atoms with Crippen molar-refractivity contribution >= 4 is 5.65 Å². The van der Waals surface area contributed by atoms with E-state index < -0.39 is 0 Å². The minimum atomic E-state index is 0.463. The largest absolute Gasteiger partial charge is 0.497 e. The number of hydrogen-bond acceptors (Lipinski definition) is 6. The molecule has 2 aromatic carbocycles. The summed E-state index contributed by atoms with van der Waals surface area (Å²) in [6.07, 6.45) is 3.62. The van der Waals surface area contributed by atoms with Crippen LogP contribution in [0.15, 0.2) is 48.8 Å². The number of imidazole rings is 1. The molecule has 8 nitrogen and oxygen atoms in total. The van der Waals surface area contributed by atoms with Gasteiger partial charge >= 0.3 is 0 Å². The second kappa shape index (κ2) is 7.72. The van der Waals surface area contributed by atoms with Crippen LogP contribution in [0.5, 0.6) is 23.0 Å². The number of nitriles is 1. The van der Waals surface area contributed by atoms with E-state index in [1.54, 1.807) is 34.6 Å². The number of hydrogen-bond donors (Lipinski definition) is 0. The molecule has 0 spiro atoms. The Balaban J connectivity index is 1.88. The van der Waals surface area contributed by atoms with Crippen molar-refractivity contribution in [3.63, 3.8) is 0 Å². The Kier molecular flexibility index (Phi) is 4.94. The molecule has 0 aliphatic rings. The minimum absolute atomic E-state index is 0.463. The van der Waals surface area contributed by atoms with Crippen LogP contribution < -0.4 is 18.9 Å². The van der Waals surface area contributed by atoms with Gasteiger partial charge in [-0.25, -0.2) is 9.50 Å². The van der Waals surface area contributed by atoms with E-state index in [4.69, 9.17) is 18.9 Å². The lowest BCUT2D eigenvalue weighted by molar-refractivity contribution is 0.324. The summed E-state index contributed by atoms with van der Waals surface area (Å²) in [5.41, 5.74) is 3.33. The molecule has 30 heavy (non-hydrogen) atoms. The number of methoxy groups -OCH3 is 4. The van der Waals surface area contributed by atoms with Gasteiger partial charge in [-0.1, -0.05) is 0 Å². The number of nitrogens with zero attached hydrogens (tertiary/aromatic N) is 4. The van der Waals surface area contributed by atoms with Crippen molar-refractivity contribution in [2.24, 2.45) is 0 Å². The second-order valence-corrected chi connectivity index (χ2v) is 6.41. The molecule has 0 saturated heterocycles. The summed E-state index contributed by atoms with van der Waals surface area (Å²) in [5, 5.41) is 9.60. The quantitative estimate of drug-likeness (QED) is 0.487. The maximum Gasteiger partial charge on any atom is 0.203 e. The zero-order valence-corrected chi connectivity index (χ0v) is 17.0. The smallest absolute Gasteiger partial charge is 0.203 e. The van der Waals surface area contributed by atoms with Crippen molar-refractivity contribution in [2.45, 2.75) is 0 Å². The van der Waals surface area contributed by atoms with Gasteiger partial charge in [0.05, 0.1) is 46.0 Å². The van der Waals surface area contributed by atoms with Crippen LogP contribution in [0.2, 0.25) is 0 Å². The first-order valence-electron chi connectivity index (χ1n) is 9.09. The molecule has 0 N–H and O–H groups in total. The molecule has 0 atom stereocenters. The van der Waals surface area contributed by atoms with E-state index in [2.05, 4.69) is 11.1 Å². The Hall–Kier alpha value is -4.12. The van der Waals surface area contributed by atoms with Crippen LogP contribution in [0.1, 0.15) is 5.56 Å². The molecule has 0 aliphatic heterocycles. The summed E-state index contributed by atoms with van der Waals surface area (Å²) in [7, 11) is 6.31. The molecule has 0 fully saturated rings. The topological polar surface area (TPSA) is 82.9 Å². The van der Waals surface area contributed by atoms with Gasteiger partial charge in [0, 0.05) is 11.8 Å². The number of rotatable bonds is 6. The first-order chi connectivity index (χ1) is 14.6. The van der Waals surface area contributed by atoms with Crippen LogP contribution in [-0.2, 0) is 0 Å². The Morgan fingerprint density at radius 2 is 1.53 bits per heavy atom. The van der Waals surface area contributed by atoms with Crippen molar-refractivity contribution in [1.29, 1.82) is 5.26 Å². The molecule has 0 unspecified atom stereocenters. The molecule has 0 aliphatic carbocycles. The van der Waals surface area contributed by atoms with E-state index in [1.165, 1.54) is 0 Å². The van der Waals surface area contributed by atoms with Gasteiger partial charge in [-0.2, -0.15) is 5.26 Å². The maximum atomic E-state index is 9.60. The fraction of sp³-hybridized carbons (Fsp3) is 0.182. The molecule has 0 amide bonds. The Bertz CT molecular complexity index is 1220. The van der Waals surface area contributed by atoms with Crippen LogP contribution in [-0.4, -0.2) is 42.6 Å². The van der Waals surface area contributed by atoms with Crippen LogP contribution >= 0.6 is 0 Å². The highest BCUT2D eigenvalue weighted by Gasteiger charge is 2.18. The van der Waals surface area contributed by atoms with Gasteiger partial charge < -0.3 is 18.9 Å². The van der Waals surface area contributed by atoms with E-state index in [-0.39, 0.29) is 0 Å². The first-order valence-corrected chi connectivity index (χ1v) is 9.09. The van der Waals surface area contributed by atoms with Gasteiger partial charge in [0.1, 0.15) is 17.4 Å². The van der Waals surface area contributed by atoms with Gasteiger partial charge in [0.15, 0.2) is 17.1 Å². The Morgan fingerprint density at radius 1 is 0.867 bits per heavy atom. The molecule has 0 radical (unpaired) electrons. The highest BCUT2D eigenvalue weighted by Crippen LogP contribution is 2.41. The highest BCUT2D eigenvalue weighted by molar-refractivity contribution is 5.71. The summed E-state index contributed by atoms with van der Waals surface area (Å²) >= 11 is 0. The molecule has 0 bridgehead atoms. The van der Waals surface area contributed by atoms with Crippen molar-refractivity contribution in [3.8, 4) is 46.0 Å². The van der Waals surface area contributed by atoms with Crippen molar-refractivity contribution in [3.05, 3.63) is 54.4 Å². The van der Waals surface area contributed by atoms with E-state index in [0.717, 1.165) is 17.0 Å². The fourth-order valence-corrected chi connectivity index (χ4v) is 3.34. The molecule has 2 aromatic heterocycles. The monoisotopic (exact) mass is 404 g/mol. The normalized spacial score (nSPS) is 10.6. The van der Waals surface area contributed by atoms with Crippen LogP contribution in [0, 0.1) is 11.3 Å². The predicted octanol–water partition coefficient (Wildman–Crippen LogP) is 3.70. The first kappa shape index (κ1) is 19.2. The third-order valence-corrected chi connectivity index (χ3v) is 4.83. The number of ether oxygens (including phenoxy) is 4. The molecule has 0 saturated carbocycles. The van der Waals surface area contributed by atoms with E-state index in [9.17, 15) is 5.26 Å². The third kappa shape index (κ3) is 3.06. The molecule has 2 heterocycles. The predicted molar refractivity (Wildman–Crippen MR) is 111 cm³/mol. The lowest BCUT2D eigenvalue weighted by Gasteiger charge is -2.13. The fourth-order valence-electron chi connectivity index (χ4n) is 3.34.